The van der Waals surface area contributed by atoms with E-state index in [9.17, 15) is 10.0 Å². The Labute approximate surface area is 115 Å². The van der Waals surface area contributed by atoms with E-state index in [0.717, 1.165) is 38.5 Å². The summed E-state index contributed by atoms with van der Waals surface area (Å²) in [7, 11) is 0. The van der Waals surface area contributed by atoms with Gasteiger partial charge in [-0.2, -0.15) is 5.06 Å². The van der Waals surface area contributed by atoms with Crippen LogP contribution in [0, 0.1) is 11.8 Å². The first kappa shape index (κ1) is 13.4. The summed E-state index contributed by atoms with van der Waals surface area (Å²) in [6.07, 6.45) is 8.31. The molecule has 3 rings (SSSR count). The number of amides is 1. The molecule has 0 aromatic carbocycles. The topological polar surface area (TPSA) is 52.6 Å². The first-order valence-electron chi connectivity index (χ1n) is 7.86. The molecule has 4 heteroatoms. The fourth-order valence-corrected chi connectivity index (χ4v) is 4.62. The largest absolute Gasteiger partial charge is 0.334 e. The lowest BCUT2D eigenvalue weighted by atomic mass is 9.72. The smallest absolute Gasteiger partial charge is 0.244 e. The number of nitrogens with one attached hydrogen (secondary N) is 1. The Hall–Kier alpha value is -0.610. The van der Waals surface area contributed by atoms with Crippen LogP contribution in [-0.4, -0.2) is 27.4 Å². The van der Waals surface area contributed by atoms with E-state index in [1.165, 1.54) is 17.9 Å². The summed E-state index contributed by atoms with van der Waals surface area (Å²) in [5, 5.41) is 15.6. The number of rotatable bonds is 0. The number of carbonyl (C=O) groups is 1. The van der Waals surface area contributed by atoms with Crippen molar-refractivity contribution < 1.29 is 10.0 Å². The van der Waals surface area contributed by atoms with Crippen molar-refractivity contribution in [1.29, 1.82) is 0 Å². The number of hydroxylamine groups is 2. The van der Waals surface area contributed by atoms with Crippen molar-refractivity contribution in [3.63, 3.8) is 0 Å². The molecule has 108 valence electrons. The molecule has 4 atom stereocenters. The maximum absolute atomic E-state index is 12.7. The van der Waals surface area contributed by atoms with Crippen LogP contribution in [0.4, 0.5) is 0 Å². The molecular weight excluding hydrogens is 240 g/mol. The van der Waals surface area contributed by atoms with Gasteiger partial charge in [0.05, 0.1) is 0 Å². The van der Waals surface area contributed by atoms with Crippen LogP contribution in [0.1, 0.15) is 65.2 Å². The minimum absolute atomic E-state index is 0.0657. The molecule has 4 unspecified atom stereocenters. The van der Waals surface area contributed by atoms with Gasteiger partial charge in [-0.05, 0) is 43.9 Å². The van der Waals surface area contributed by atoms with Gasteiger partial charge in [0.25, 0.3) is 0 Å². The summed E-state index contributed by atoms with van der Waals surface area (Å²) >= 11 is 0. The summed E-state index contributed by atoms with van der Waals surface area (Å²) in [4.78, 5) is 12.7. The highest BCUT2D eigenvalue weighted by Gasteiger charge is 2.64. The van der Waals surface area contributed by atoms with Crippen molar-refractivity contribution in [2.24, 2.45) is 11.8 Å². The maximum atomic E-state index is 12.7. The van der Waals surface area contributed by atoms with Gasteiger partial charge >= 0.3 is 0 Å². The molecular formula is C15H26N2O2. The SMILES string of the molecule is CC1CCCCC12NC(=O)C1(CCCCC1C)N2O. The molecule has 19 heavy (non-hydrogen) atoms. The average molecular weight is 266 g/mol. The molecule has 1 aliphatic heterocycles. The monoisotopic (exact) mass is 266 g/mol. The summed E-state index contributed by atoms with van der Waals surface area (Å²) in [5.41, 5.74) is -1.16. The van der Waals surface area contributed by atoms with Gasteiger partial charge in [0.2, 0.25) is 5.91 Å². The van der Waals surface area contributed by atoms with Gasteiger partial charge in [0.15, 0.2) is 0 Å². The predicted octanol–water partition coefficient (Wildman–Crippen LogP) is 2.66. The summed E-state index contributed by atoms with van der Waals surface area (Å²) in [6, 6.07) is 0. The van der Waals surface area contributed by atoms with Crippen molar-refractivity contribution in [2.75, 3.05) is 0 Å². The van der Waals surface area contributed by atoms with E-state index < -0.39 is 11.2 Å². The van der Waals surface area contributed by atoms with Crippen LogP contribution in [0.15, 0.2) is 0 Å². The molecule has 1 amide bonds. The predicted molar refractivity (Wildman–Crippen MR) is 72.5 cm³/mol. The zero-order valence-corrected chi connectivity index (χ0v) is 12.1. The molecule has 2 saturated carbocycles. The normalized spacial score (nSPS) is 47.8. The zero-order valence-electron chi connectivity index (χ0n) is 12.1. The average Bonchev–Trinajstić information content (AvgIpc) is 2.60. The third kappa shape index (κ3) is 1.62. The van der Waals surface area contributed by atoms with Crippen molar-refractivity contribution in [3.05, 3.63) is 0 Å². The maximum Gasteiger partial charge on any atom is 0.244 e. The van der Waals surface area contributed by atoms with Crippen molar-refractivity contribution in [1.82, 2.24) is 10.4 Å². The fraction of sp³-hybridized carbons (Fsp3) is 0.933. The van der Waals surface area contributed by atoms with Gasteiger partial charge in [0, 0.05) is 0 Å². The number of hydrogen-bond acceptors (Lipinski definition) is 3. The Bertz CT molecular complexity index is 386. The number of nitrogens with zero attached hydrogens (tertiary/aromatic N) is 1. The second-order valence-corrected chi connectivity index (χ2v) is 6.91. The standard InChI is InChI=1S/C15H26N2O2/c1-11-7-3-5-9-14(11)13(18)16-15(17(14)19)10-6-4-8-12(15)2/h11-12,19H,3-10H2,1-2H3,(H,16,18). The quantitative estimate of drug-likeness (QED) is 0.708. The molecule has 0 bridgehead atoms. The molecule has 1 saturated heterocycles. The van der Waals surface area contributed by atoms with E-state index in [2.05, 4.69) is 19.2 Å². The molecule has 3 aliphatic rings. The first-order valence-corrected chi connectivity index (χ1v) is 7.86. The molecule has 4 nitrogen and oxygen atoms in total. The van der Waals surface area contributed by atoms with Crippen LogP contribution < -0.4 is 5.32 Å². The molecule has 3 fully saturated rings. The Kier molecular flexibility index (Phi) is 3.13. The lowest BCUT2D eigenvalue weighted by Gasteiger charge is -2.48. The second-order valence-electron chi connectivity index (χ2n) is 6.91. The number of carbonyl (C=O) groups excluding carboxylic acids is 1. The Morgan fingerprint density at radius 2 is 1.74 bits per heavy atom. The van der Waals surface area contributed by atoms with Crippen LogP contribution in [-0.2, 0) is 4.79 Å². The van der Waals surface area contributed by atoms with Crippen molar-refractivity contribution in [2.45, 2.75) is 76.4 Å². The van der Waals surface area contributed by atoms with Gasteiger partial charge in [0.1, 0.15) is 11.2 Å². The first-order chi connectivity index (χ1) is 9.04. The molecule has 2 aliphatic carbocycles. The summed E-state index contributed by atoms with van der Waals surface area (Å²) in [5.74, 6) is 0.624. The molecule has 2 N–H and O–H groups in total. The van der Waals surface area contributed by atoms with Gasteiger partial charge < -0.3 is 10.5 Å². The Morgan fingerprint density at radius 3 is 2.37 bits per heavy atom. The molecule has 2 spiro atoms. The van der Waals surface area contributed by atoms with E-state index in [0.29, 0.717) is 5.92 Å². The van der Waals surface area contributed by atoms with Gasteiger partial charge in [-0.3, -0.25) is 4.79 Å². The van der Waals surface area contributed by atoms with E-state index in [-0.39, 0.29) is 11.8 Å². The third-order valence-electron chi connectivity index (χ3n) is 6.00. The third-order valence-corrected chi connectivity index (χ3v) is 6.00. The highest BCUT2D eigenvalue weighted by molar-refractivity contribution is 5.89. The minimum atomic E-state index is -0.663. The van der Waals surface area contributed by atoms with E-state index in [4.69, 9.17) is 0 Å². The number of hydrogen-bond donors (Lipinski definition) is 2. The highest BCUT2D eigenvalue weighted by atomic mass is 16.5. The Balaban J connectivity index is 1.98. The summed E-state index contributed by atoms with van der Waals surface area (Å²) in [6.45, 7) is 4.28. The molecule has 1 heterocycles. The van der Waals surface area contributed by atoms with E-state index in [1.807, 2.05) is 0 Å². The lowest BCUT2D eigenvalue weighted by molar-refractivity contribution is -0.250. The van der Waals surface area contributed by atoms with Gasteiger partial charge in [-0.15, -0.1) is 0 Å². The second kappa shape index (κ2) is 4.45. The van der Waals surface area contributed by atoms with E-state index in [1.54, 1.807) is 0 Å². The minimum Gasteiger partial charge on any atom is -0.334 e. The van der Waals surface area contributed by atoms with Crippen LogP contribution in [0.25, 0.3) is 0 Å². The van der Waals surface area contributed by atoms with Crippen LogP contribution in [0.5, 0.6) is 0 Å². The molecule has 0 aromatic rings. The highest BCUT2D eigenvalue weighted by Crippen LogP contribution is 2.49. The van der Waals surface area contributed by atoms with E-state index >= 15 is 0 Å². The molecule has 0 aromatic heterocycles. The molecule has 0 radical (unpaired) electrons. The van der Waals surface area contributed by atoms with Gasteiger partial charge in [-0.25, -0.2) is 0 Å². The lowest BCUT2D eigenvalue weighted by Crippen LogP contribution is -2.62. The summed E-state index contributed by atoms with van der Waals surface area (Å²) < 4.78 is 0. The van der Waals surface area contributed by atoms with Crippen molar-refractivity contribution >= 4 is 5.91 Å². The van der Waals surface area contributed by atoms with Crippen LogP contribution in [0.2, 0.25) is 0 Å². The Morgan fingerprint density at radius 1 is 1.11 bits per heavy atom. The zero-order chi connectivity index (χ0) is 13.7. The van der Waals surface area contributed by atoms with Crippen LogP contribution in [0.3, 0.4) is 0 Å². The van der Waals surface area contributed by atoms with Crippen molar-refractivity contribution in [3.8, 4) is 0 Å². The fourth-order valence-electron chi connectivity index (χ4n) is 4.62. The van der Waals surface area contributed by atoms with Crippen LogP contribution >= 0.6 is 0 Å². The van der Waals surface area contributed by atoms with Gasteiger partial charge in [-0.1, -0.05) is 33.1 Å².